The Bertz CT molecular complexity index is 1060. The molecule has 0 bridgehead atoms. The molecule has 1 saturated heterocycles. The van der Waals surface area contributed by atoms with E-state index in [1.165, 1.54) is 0 Å². The van der Waals surface area contributed by atoms with Gasteiger partial charge >= 0.3 is 0 Å². The third-order valence-corrected chi connectivity index (χ3v) is 7.28. The number of methoxy groups -OCH3 is 1. The number of amides is 1. The fraction of sp³-hybridized carbons (Fsp3) is 0.316. The van der Waals surface area contributed by atoms with Crippen LogP contribution in [-0.4, -0.2) is 45.2 Å². The Morgan fingerprint density at radius 1 is 1.17 bits per heavy atom. The zero-order valence-corrected chi connectivity index (χ0v) is 16.9. The molecule has 1 amide bonds. The normalized spacial score (nSPS) is 18.9. The van der Waals surface area contributed by atoms with E-state index in [9.17, 15) is 26.4 Å². The van der Waals surface area contributed by atoms with Crippen LogP contribution in [0.3, 0.4) is 0 Å². The van der Waals surface area contributed by atoms with E-state index >= 15 is 0 Å². The summed E-state index contributed by atoms with van der Waals surface area (Å²) in [4.78, 5) is 13.8. The molecule has 156 valence electrons. The Labute approximate surface area is 170 Å². The summed E-state index contributed by atoms with van der Waals surface area (Å²) in [5.74, 6) is -6.66. The van der Waals surface area contributed by atoms with Gasteiger partial charge in [-0.2, -0.15) is 4.39 Å². The summed E-state index contributed by atoms with van der Waals surface area (Å²) in [6.07, 6.45) is 0.0280. The number of hydrogen-bond acceptors (Lipinski definition) is 4. The molecule has 0 radical (unpaired) electrons. The van der Waals surface area contributed by atoms with Gasteiger partial charge in [0.05, 0.1) is 23.7 Å². The van der Waals surface area contributed by atoms with Crippen LogP contribution in [-0.2, 0) is 9.84 Å². The molecule has 0 N–H and O–H groups in total. The minimum absolute atomic E-state index is 0.0280. The predicted octanol–water partition coefficient (Wildman–Crippen LogP) is 3.77. The lowest BCUT2D eigenvalue weighted by Gasteiger charge is -2.21. The number of ether oxygens (including phenoxy) is 1. The van der Waals surface area contributed by atoms with E-state index in [1.54, 1.807) is 24.3 Å². The monoisotopic (exact) mass is 447 g/mol. The number of rotatable bonds is 3. The maximum atomic E-state index is 14.5. The third-order valence-electron chi connectivity index (χ3n) is 4.83. The molecule has 1 unspecified atom stereocenters. The molecule has 2 aromatic rings. The van der Waals surface area contributed by atoms with Gasteiger partial charge in [-0.05, 0) is 24.1 Å². The molecule has 1 atom stereocenters. The molecule has 0 aliphatic carbocycles. The molecule has 0 aromatic heterocycles. The van der Waals surface area contributed by atoms with Crippen LogP contribution >= 0.6 is 11.6 Å². The van der Waals surface area contributed by atoms with Crippen LogP contribution in [0.1, 0.15) is 27.6 Å². The van der Waals surface area contributed by atoms with Crippen LogP contribution in [0.25, 0.3) is 0 Å². The lowest BCUT2D eigenvalue weighted by atomic mass is 10.1. The molecule has 2 aromatic carbocycles. The maximum Gasteiger partial charge on any atom is 0.257 e. The van der Waals surface area contributed by atoms with Crippen molar-refractivity contribution in [1.82, 2.24) is 4.90 Å². The van der Waals surface area contributed by atoms with Gasteiger partial charge in [-0.3, -0.25) is 4.79 Å². The molecule has 1 fully saturated rings. The average Bonchev–Trinajstić information content (AvgIpc) is 2.83. The first kappa shape index (κ1) is 21.4. The number of carbonyl (C=O) groups is 1. The van der Waals surface area contributed by atoms with Crippen LogP contribution in [0.15, 0.2) is 30.3 Å². The Balaban J connectivity index is 1.92. The van der Waals surface area contributed by atoms with E-state index in [0.29, 0.717) is 11.6 Å². The van der Waals surface area contributed by atoms with Crippen molar-refractivity contribution in [2.24, 2.45) is 0 Å². The maximum absolute atomic E-state index is 14.5. The van der Waals surface area contributed by atoms with Crippen molar-refractivity contribution in [2.45, 2.75) is 11.7 Å². The number of halogens is 4. The third kappa shape index (κ3) is 4.06. The summed E-state index contributed by atoms with van der Waals surface area (Å²) in [5, 5.41) is -0.643. The van der Waals surface area contributed by atoms with Crippen LogP contribution < -0.4 is 4.74 Å². The smallest absolute Gasteiger partial charge is 0.257 e. The van der Waals surface area contributed by atoms with Gasteiger partial charge in [-0.15, -0.1) is 0 Å². The number of benzene rings is 2. The highest BCUT2D eigenvalue weighted by Crippen LogP contribution is 2.34. The first-order valence-electron chi connectivity index (χ1n) is 8.64. The van der Waals surface area contributed by atoms with Crippen molar-refractivity contribution < 1.29 is 31.1 Å². The zero-order chi connectivity index (χ0) is 21.3. The van der Waals surface area contributed by atoms with Gasteiger partial charge < -0.3 is 9.64 Å². The lowest BCUT2D eigenvalue weighted by molar-refractivity contribution is 0.0760. The van der Waals surface area contributed by atoms with Crippen LogP contribution in [0.5, 0.6) is 5.75 Å². The summed E-state index contributed by atoms with van der Waals surface area (Å²) in [6, 6.07) is 6.95. The van der Waals surface area contributed by atoms with E-state index in [-0.39, 0.29) is 30.3 Å². The van der Waals surface area contributed by atoms with Crippen LogP contribution in [0.2, 0.25) is 5.02 Å². The van der Waals surface area contributed by atoms with Gasteiger partial charge in [0.15, 0.2) is 27.2 Å². The van der Waals surface area contributed by atoms with Gasteiger partial charge in [-0.25, -0.2) is 17.2 Å². The van der Waals surface area contributed by atoms with Crippen molar-refractivity contribution in [3.8, 4) is 5.75 Å². The standard InChI is InChI=1S/C19H17ClF3NO4S/c1-28-18-16(22)12(10-14(21)17(18)23)19(25)24-7-6-15(29(26,27)9-8-24)11-4-2-3-5-13(11)20/h2-5,10,15H,6-9H2,1H3. The molecule has 1 heterocycles. The summed E-state index contributed by atoms with van der Waals surface area (Å²) < 4.78 is 71.8. The molecule has 0 saturated carbocycles. The minimum Gasteiger partial charge on any atom is -0.491 e. The summed E-state index contributed by atoms with van der Waals surface area (Å²) in [6.45, 7) is -0.252. The SMILES string of the molecule is COc1c(F)c(F)cc(C(=O)N2CCC(c3ccccc3Cl)S(=O)(=O)CC2)c1F. The van der Waals surface area contributed by atoms with Crippen LogP contribution in [0, 0.1) is 17.5 Å². The predicted molar refractivity (Wildman–Crippen MR) is 101 cm³/mol. The molecule has 0 spiro atoms. The Morgan fingerprint density at radius 2 is 1.86 bits per heavy atom. The fourth-order valence-corrected chi connectivity index (χ4v) is 5.47. The highest BCUT2D eigenvalue weighted by atomic mass is 35.5. The first-order chi connectivity index (χ1) is 13.7. The zero-order valence-electron chi connectivity index (χ0n) is 15.3. The van der Waals surface area contributed by atoms with E-state index in [1.807, 2.05) is 0 Å². The Kier molecular flexibility index (Phi) is 6.09. The van der Waals surface area contributed by atoms with Crippen molar-refractivity contribution in [2.75, 3.05) is 26.0 Å². The van der Waals surface area contributed by atoms with Gasteiger partial charge in [0.1, 0.15) is 0 Å². The van der Waals surface area contributed by atoms with Crippen molar-refractivity contribution in [3.05, 3.63) is 63.9 Å². The molecule has 5 nitrogen and oxygen atoms in total. The van der Waals surface area contributed by atoms with Gasteiger partial charge in [0.2, 0.25) is 5.82 Å². The van der Waals surface area contributed by atoms with Gasteiger partial charge in [0, 0.05) is 18.1 Å². The van der Waals surface area contributed by atoms with E-state index in [4.69, 9.17) is 11.6 Å². The fourth-order valence-electron chi connectivity index (χ4n) is 3.32. The summed E-state index contributed by atoms with van der Waals surface area (Å²) in [5.41, 5.74) is -0.307. The van der Waals surface area contributed by atoms with E-state index < -0.39 is 49.8 Å². The molecule has 29 heavy (non-hydrogen) atoms. The average molecular weight is 448 g/mol. The number of carbonyl (C=O) groups excluding carboxylic acids is 1. The van der Waals surface area contributed by atoms with Crippen molar-refractivity contribution in [3.63, 3.8) is 0 Å². The number of nitrogens with zero attached hydrogens (tertiary/aromatic N) is 1. The summed E-state index contributed by atoms with van der Waals surface area (Å²) >= 11 is 6.13. The van der Waals surface area contributed by atoms with Gasteiger partial charge in [-0.1, -0.05) is 29.8 Å². The molecule has 3 rings (SSSR count). The quantitative estimate of drug-likeness (QED) is 0.672. The molecule has 1 aliphatic heterocycles. The minimum atomic E-state index is -3.65. The lowest BCUT2D eigenvalue weighted by Crippen LogP contribution is -2.34. The molecule has 1 aliphatic rings. The van der Waals surface area contributed by atoms with Gasteiger partial charge in [0.25, 0.3) is 5.91 Å². The second-order valence-electron chi connectivity index (χ2n) is 6.53. The summed E-state index contributed by atoms with van der Waals surface area (Å²) in [7, 11) is -2.71. The topological polar surface area (TPSA) is 63.7 Å². The van der Waals surface area contributed by atoms with E-state index in [2.05, 4.69) is 4.74 Å². The molecule has 10 heteroatoms. The highest BCUT2D eigenvalue weighted by molar-refractivity contribution is 7.91. The first-order valence-corrected chi connectivity index (χ1v) is 10.7. The number of hydrogen-bond donors (Lipinski definition) is 0. The second-order valence-corrected chi connectivity index (χ2v) is 9.24. The van der Waals surface area contributed by atoms with Crippen LogP contribution in [0.4, 0.5) is 13.2 Å². The highest BCUT2D eigenvalue weighted by Gasteiger charge is 2.35. The Morgan fingerprint density at radius 3 is 2.52 bits per heavy atom. The van der Waals surface area contributed by atoms with Crippen molar-refractivity contribution in [1.29, 1.82) is 0 Å². The van der Waals surface area contributed by atoms with Crippen molar-refractivity contribution >= 4 is 27.3 Å². The number of sulfone groups is 1. The second kappa shape index (κ2) is 8.23. The molecular weight excluding hydrogens is 431 g/mol. The largest absolute Gasteiger partial charge is 0.491 e. The Hall–Kier alpha value is -2.26. The molecular formula is C19H17ClF3NO4S. The van der Waals surface area contributed by atoms with E-state index in [0.717, 1.165) is 12.0 Å².